The predicted octanol–water partition coefficient (Wildman–Crippen LogP) is 2.26. The van der Waals surface area contributed by atoms with Crippen molar-refractivity contribution in [3.63, 3.8) is 0 Å². The van der Waals surface area contributed by atoms with Crippen molar-refractivity contribution in [1.82, 2.24) is 9.78 Å². The van der Waals surface area contributed by atoms with Gasteiger partial charge in [0.2, 0.25) is 22.7 Å². The first-order valence-corrected chi connectivity index (χ1v) is 11.4. The van der Waals surface area contributed by atoms with E-state index in [1.807, 2.05) is 30.3 Å². The number of methoxy groups -OCH3 is 1. The number of aliphatic hydroxyl groups is 1. The molecule has 4 rings (SSSR count). The van der Waals surface area contributed by atoms with Gasteiger partial charge in [-0.25, -0.2) is 13.1 Å². The van der Waals surface area contributed by atoms with E-state index in [9.17, 15) is 13.5 Å². The molecule has 10 heteroatoms. The fraction of sp³-hybridized carbons (Fsp3) is 0.286. The van der Waals surface area contributed by atoms with Gasteiger partial charge in [0, 0.05) is 0 Å². The molecule has 0 unspecified atom stereocenters. The lowest BCUT2D eigenvalue weighted by atomic mass is 10.1. The third kappa shape index (κ3) is 4.59. The summed E-state index contributed by atoms with van der Waals surface area (Å²) in [6, 6.07) is 14.6. The summed E-state index contributed by atoms with van der Waals surface area (Å²) in [4.78, 5) is 0. The molecular weight excluding hydrogens is 422 g/mol. The van der Waals surface area contributed by atoms with Crippen molar-refractivity contribution >= 4 is 15.8 Å². The van der Waals surface area contributed by atoms with Crippen molar-refractivity contribution in [2.24, 2.45) is 0 Å². The van der Waals surface area contributed by atoms with E-state index in [0.717, 1.165) is 5.56 Å². The molecule has 2 N–H and O–H groups in total. The molecule has 2 heterocycles. The Kier molecular flexibility index (Phi) is 6.01. The van der Waals surface area contributed by atoms with Crippen molar-refractivity contribution in [1.29, 1.82) is 0 Å². The molecule has 0 radical (unpaired) electrons. The van der Waals surface area contributed by atoms with Gasteiger partial charge in [0.15, 0.2) is 17.3 Å². The molecule has 0 amide bonds. The number of rotatable bonds is 9. The number of benzene rings is 2. The van der Waals surface area contributed by atoms with Gasteiger partial charge in [-0.05, 0) is 29.7 Å². The Morgan fingerprint density at radius 3 is 2.68 bits per heavy atom. The van der Waals surface area contributed by atoms with Crippen LogP contribution in [0.2, 0.25) is 0 Å². The van der Waals surface area contributed by atoms with Gasteiger partial charge in [-0.1, -0.05) is 36.4 Å². The number of aromatic nitrogens is 2. The highest BCUT2D eigenvalue weighted by atomic mass is 32.2. The van der Waals surface area contributed by atoms with Crippen molar-refractivity contribution in [3.05, 3.63) is 54.1 Å². The molecule has 1 aliphatic rings. The maximum atomic E-state index is 12.8. The Balaban J connectivity index is 1.68. The van der Waals surface area contributed by atoms with Crippen LogP contribution in [0.5, 0.6) is 17.4 Å². The second-order valence-electron chi connectivity index (χ2n) is 6.90. The van der Waals surface area contributed by atoms with Crippen LogP contribution in [0.1, 0.15) is 5.56 Å². The number of sulfonamides is 1. The van der Waals surface area contributed by atoms with E-state index in [1.165, 1.54) is 11.8 Å². The number of ether oxygens (including phenoxy) is 3. The lowest BCUT2D eigenvalue weighted by Crippen LogP contribution is -2.19. The molecule has 0 bridgehead atoms. The minimum Gasteiger partial charge on any atom is -0.481 e. The minimum atomic E-state index is -3.70. The van der Waals surface area contributed by atoms with Crippen LogP contribution in [0.3, 0.4) is 0 Å². The maximum Gasteiger partial charge on any atom is 0.234 e. The first-order chi connectivity index (χ1) is 15.0. The minimum absolute atomic E-state index is 0.104. The number of fused-ring (bicyclic) bond motifs is 1. The molecule has 0 atom stereocenters. The van der Waals surface area contributed by atoms with Crippen molar-refractivity contribution < 1.29 is 27.7 Å². The zero-order valence-electron chi connectivity index (χ0n) is 16.9. The molecule has 2 aromatic carbocycles. The third-order valence-corrected chi connectivity index (χ3v) is 6.07. The molecule has 0 saturated heterocycles. The van der Waals surface area contributed by atoms with E-state index in [0.29, 0.717) is 34.9 Å². The van der Waals surface area contributed by atoms with Gasteiger partial charge in [-0.15, -0.1) is 0 Å². The number of anilines is 1. The Hall–Kier alpha value is -3.24. The number of nitrogens with zero attached hydrogens (tertiary/aromatic N) is 2. The van der Waals surface area contributed by atoms with Crippen LogP contribution in [-0.4, -0.2) is 49.6 Å². The highest BCUT2D eigenvalue weighted by Crippen LogP contribution is 2.42. The SMILES string of the molecule is COc1c(-c2ccc3c(c2)OCO3)c(NS(=O)(=O)CCc2ccccc2)nn1CCO. The smallest absolute Gasteiger partial charge is 0.234 e. The Bertz CT molecular complexity index is 1160. The fourth-order valence-electron chi connectivity index (χ4n) is 3.38. The molecule has 9 nitrogen and oxygen atoms in total. The summed E-state index contributed by atoms with van der Waals surface area (Å²) in [6.45, 7) is 0.0873. The first-order valence-electron chi connectivity index (χ1n) is 9.71. The zero-order valence-corrected chi connectivity index (χ0v) is 17.8. The van der Waals surface area contributed by atoms with Gasteiger partial charge in [0.1, 0.15) is 0 Å². The van der Waals surface area contributed by atoms with Gasteiger partial charge >= 0.3 is 0 Å². The summed E-state index contributed by atoms with van der Waals surface area (Å²) in [6.07, 6.45) is 0.365. The molecular formula is C21H23N3O6S. The number of hydrogen-bond acceptors (Lipinski definition) is 7. The van der Waals surface area contributed by atoms with Crippen LogP contribution in [0, 0.1) is 0 Å². The number of aryl methyl sites for hydroxylation is 1. The van der Waals surface area contributed by atoms with Crippen molar-refractivity contribution in [3.8, 4) is 28.5 Å². The van der Waals surface area contributed by atoms with Gasteiger partial charge in [0.25, 0.3) is 0 Å². The van der Waals surface area contributed by atoms with Crippen molar-refractivity contribution in [2.75, 3.05) is 31.0 Å². The second-order valence-corrected chi connectivity index (χ2v) is 8.75. The lowest BCUT2D eigenvalue weighted by Gasteiger charge is -2.10. The topological polar surface area (TPSA) is 112 Å². The van der Waals surface area contributed by atoms with E-state index < -0.39 is 10.0 Å². The monoisotopic (exact) mass is 445 g/mol. The summed E-state index contributed by atoms with van der Waals surface area (Å²) in [7, 11) is -2.23. The highest BCUT2D eigenvalue weighted by Gasteiger charge is 2.25. The van der Waals surface area contributed by atoms with Gasteiger partial charge in [0.05, 0.1) is 31.6 Å². The van der Waals surface area contributed by atoms with E-state index in [2.05, 4.69) is 9.82 Å². The summed E-state index contributed by atoms with van der Waals surface area (Å²) in [5, 5.41) is 13.7. The molecule has 164 valence electrons. The molecule has 0 saturated carbocycles. The Labute approximate surface area is 180 Å². The van der Waals surface area contributed by atoms with Crippen molar-refractivity contribution in [2.45, 2.75) is 13.0 Å². The van der Waals surface area contributed by atoms with Crippen LogP contribution in [0.4, 0.5) is 5.82 Å². The number of hydrogen-bond donors (Lipinski definition) is 2. The van der Waals surface area contributed by atoms with Crippen LogP contribution < -0.4 is 18.9 Å². The third-order valence-electron chi connectivity index (χ3n) is 4.83. The average molecular weight is 445 g/mol. The molecule has 0 fully saturated rings. The van der Waals surface area contributed by atoms with E-state index in [-0.39, 0.29) is 31.5 Å². The molecule has 1 aromatic heterocycles. The van der Waals surface area contributed by atoms with Crippen LogP contribution in [0.15, 0.2) is 48.5 Å². The maximum absolute atomic E-state index is 12.8. The summed E-state index contributed by atoms with van der Waals surface area (Å²) >= 11 is 0. The van der Waals surface area contributed by atoms with Gasteiger partial charge < -0.3 is 19.3 Å². The van der Waals surface area contributed by atoms with Crippen LogP contribution in [0.25, 0.3) is 11.1 Å². The molecule has 0 aliphatic carbocycles. The van der Waals surface area contributed by atoms with Crippen LogP contribution in [-0.2, 0) is 23.0 Å². The molecule has 31 heavy (non-hydrogen) atoms. The average Bonchev–Trinajstić information content (AvgIpc) is 3.36. The Morgan fingerprint density at radius 2 is 1.94 bits per heavy atom. The molecule has 1 aliphatic heterocycles. The van der Waals surface area contributed by atoms with E-state index >= 15 is 0 Å². The van der Waals surface area contributed by atoms with Gasteiger partial charge in [-0.3, -0.25) is 4.72 Å². The number of aliphatic hydroxyl groups excluding tert-OH is 1. The second kappa shape index (κ2) is 8.86. The normalized spacial score (nSPS) is 12.7. The highest BCUT2D eigenvalue weighted by molar-refractivity contribution is 7.92. The fourth-order valence-corrected chi connectivity index (χ4v) is 4.42. The first kappa shape index (κ1) is 21.0. The number of nitrogens with one attached hydrogen (secondary N) is 1. The quantitative estimate of drug-likeness (QED) is 0.520. The van der Waals surface area contributed by atoms with Crippen LogP contribution >= 0.6 is 0 Å². The largest absolute Gasteiger partial charge is 0.481 e. The zero-order chi connectivity index (χ0) is 21.8. The molecule has 0 spiro atoms. The Morgan fingerprint density at radius 1 is 1.16 bits per heavy atom. The van der Waals surface area contributed by atoms with Gasteiger partial charge in [-0.2, -0.15) is 5.10 Å². The lowest BCUT2D eigenvalue weighted by molar-refractivity contribution is 0.174. The van der Waals surface area contributed by atoms with E-state index in [1.54, 1.807) is 18.2 Å². The summed E-state index contributed by atoms with van der Waals surface area (Å²) in [5.41, 5.74) is 2.02. The predicted molar refractivity (Wildman–Crippen MR) is 115 cm³/mol. The van der Waals surface area contributed by atoms with E-state index in [4.69, 9.17) is 14.2 Å². The summed E-state index contributed by atoms with van der Waals surface area (Å²) < 4.78 is 46.0. The molecule has 3 aromatic rings. The standard InChI is InChI=1S/C21H23N3O6S/c1-28-21-19(16-7-8-17-18(13-16)30-14-29-17)20(22-24(21)10-11-25)23-31(26,27)12-9-15-5-3-2-4-6-15/h2-8,13,25H,9-12,14H2,1H3,(H,22,23). The summed E-state index contributed by atoms with van der Waals surface area (Å²) in [5.74, 6) is 1.50.